The largest absolute Gasteiger partial charge is 0.454 e. The molecule has 1 fully saturated rings. The zero-order chi connectivity index (χ0) is 50.4. The summed E-state index contributed by atoms with van der Waals surface area (Å²) in [5.74, 6) is -1.29. The molecule has 6 N–H and O–H groups in total. The lowest BCUT2D eigenvalue weighted by molar-refractivity contribution is -0.305. The van der Waals surface area contributed by atoms with Gasteiger partial charge in [0.15, 0.2) is 12.4 Å². The van der Waals surface area contributed by atoms with Crippen molar-refractivity contribution in [2.75, 3.05) is 13.2 Å². The van der Waals surface area contributed by atoms with Crippen molar-refractivity contribution in [3.05, 3.63) is 122 Å². The van der Waals surface area contributed by atoms with Gasteiger partial charge in [-0.15, -0.1) is 0 Å². The first kappa shape index (κ1) is 63.1. The third kappa shape index (κ3) is 34.1. The number of hydrogen-bond acceptors (Lipinski definition) is 10. The van der Waals surface area contributed by atoms with Crippen molar-refractivity contribution in [2.24, 2.45) is 0 Å². The fraction of sp³-hybridized carbons (Fsp3) is 0.621. The fourth-order valence-corrected chi connectivity index (χ4v) is 7.39. The maximum absolute atomic E-state index is 13.3. The number of allylic oxidation sites excluding steroid dienone is 19. The summed E-state index contributed by atoms with van der Waals surface area (Å²) in [5, 5.41) is 56.6. The Morgan fingerprint density at radius 2 is 1.04 bits per heavy atom. The van der Waals surface area contributed by atoms with Gasteiger partial charge in [0, 0.05) is 6.42 Å². The van der Waals surface area contributed by atoms with Crippen LogP contribution in [0.3, 0.4) is 0 Å². The lowest BCUT2D eigenvalue weighted by Gasteiger charge is -2.41. The van der Waals surface area contributed by atoms with Gasteiger partial charge in [0.2, 0.25) is 5.91 Å². The van der Waals surface area contributed by atoms with E-state index in [4.69, 9.17) is 14.2 Å². The van der Waals surface area contributed by atoms with Crippen LogP contribution in [0.1, 0.15) is 168 Å². The van der Waals surface area contributed by atoms with Gasteiger partial charge in [-0.2, -0.15) is 0 Å². The molecule has 69 heavy (non-hydrogen) atoms. The predicted octanol–water partition coefficient (Wildman–Crippen LogP) is 11.2. The van der Waals surface area contributed by atoms with Crippen LogP contribution in [0.5, 0.6) is 0 Å². The maximum Gasteiger partial charge on any atom is 0.306 e. The van der Waals surface area contributed by atoms with Crippen LogP contribution >= 0.6 is 0 Å². The Kier molecular flexibility index (Phi) is 41.3. The maximum atomic E-state index is 13.3. The second-order valence-electron chi connectivity index (χ2n) is 17.7. The van der Waals surface area contributed by atoms with Crippen LogP contribution in [0, 0.1) is 0 Å². The predicted molar refractivity (Wildman–Crippen MR) is 282 cm³/mol. The number of aliphatic hydroxyl groups excluding tert-OH is 5. The average molecular weight is 964 g/mol. The highest BCUT2D eigenvalue weighted by Crippen LogP contribution is 2.26. The van der Waals surface area contributed by atoms with Gasteiger partial charge in [0.25, 0.3) is 0 Å². The average Bonchev–Trinajstić information content (AvgIpc) is 3.34. The number of nitrogens with one attached hydrogen (secondary N) is 1. The standard InChI is InChI=1S/C58H93NO10/c1-4-7-10-13-16-19-22-25-28-30-33-36-39-42-45-51(62)57(66)59-49(50(61)44-41-38-35-32-29-26-23-20-17-14-11-8-5-2)48-67-58-56(55(65)54(64)52(47-60)68-58)69-53(63)46-43-40-37-34-31-27-24-21-18-15-12-9-6-3/h7,9-10,12-13,15-16,18-19,21-22,24-25,27-28,30-31,33,41,44,49-52,54-56,58,60-62,64-65H,4-6,8,11,14,17,20,23,26,29,32,34-40,42-43,45-48H2,1-3H3,(H,59,66)/b10-7+,12-9+,16-13+,18-15+,22-19-,24-21-,28-25-,31-27-,33-30+,44-41+. The minimum Gasteiger partial charge on any atom is -0.454 e. The van der Waals surface area contributed by atoms with Crippen molar-refractivity contribution in [3.8, 4) is 0 Å². The van der Waals surface area contributed by atoms with E-state index >= 15 is 0 Å². The van der Waals surface area contributed by atoms with Crippen molar-refractivity contribution in [1.29, 1.82) is 0 Å². The molecule has 0 aromatic rings. The summed E-state index contributed by atoms with van der Waals surface area (Å²) in [7, 11) is 0. The molecule has 11 nitrogen and oxygen atoms in total. The van der Waals surface area contributed by atoms with E-state index in [9.17, 15) is 35.1 Å². The summed E-state index contributed by atoms with van der Waals surface area (Å²) in [6.45, 7) is 5.40. The number of ether oxygens (including phenoxy) is 3. The highest BCUT2D eigenvalue weighted by molar-refractivity contribution is 5.80. The second-order valence-corrected chi connectivity index (χ2v) is 17.7. The van der Waals surface area contributed by atoms with E-state index in [1.165, 1.54) is 51.4 Å². The third-order valence-corrected chi connectivity index (χ3v) is 11.6. The number of hydrogen-bond donors (Lipinski definition) is 6. The number of rotatable bonds is 41. The molecule has 0 aromatic heterocycles. The van der Waals surface area contributed by atoms with Crippen LogP contribution in [0.4, 0.5) is 0 Å². The van der Waals surface area contributed by atoms with Gasteiger partial charge >= 0.3 is 5.97 Å². The molecule has 8 unspecified atom stereocenters. The first-order chi connectivity index (χ1) is 33.7. The van der Waals surface area contributed by atoms with Gasteiger partial charge in [0.1, 0.15) is 24.4 Å². The van der Waals surface area contributed by atoms with Gasteiger partial charge in [-0.05, 0) is 64.2 Å². The molecule has 0 radical (unpaired) electrons. The Balaban J connectivity index is 2.86. The van der Waals surface area contributed by atoms with E-state index in [1.807, 2.05) is 97.2 Å². The summed E-state index contributed by atoms with van der Waals surface area (Å²) in [5.41, 5.74) is 0. The van der Waals surface area contributed by atoms with E-state index in [0.717, 1.165) is 70.6 Å². The van der Waals surface area contributed by atoms with E-state index in [-0.39, 0.29) is 19.4 Å². The van der Waals surface area contributed by atoms with Gasteiger partial charge in [-0.1, -0.05) is 219 Å². The SMILES string of the molecule is CC/C=C/C=C/C=C\C=C/C=C/CCCCC(O)C(=O)NC(COC1OC(CO)C(O)C(O)C1OC(=O)CCCCC\C=C/C=C\C=C\C=C\CC)C(O)/C=C/CCCCCCCCCCCCC. The third-order valence-electron chi connectivity index (χ3n) is 11.6. The lowest BCUT2D eigenvalue weighted by Crippen LogP contribution is -2.61. The smallest absolute Gasteiger partial charge is 0.306 e. The normalized spacial score (nSPS) is 20.8. The molecule has 1 rings (SSSR count). The van der Waals surface area contributed by atoms with Crippen LogP contribution in [0.15, 0.2) is 122 Å². The number of esters is 1. The molecule has 1 saturated heterocycles. The highest BCUT2D eigenvalue weighted by Gasteiger charge is 2.47. The number of carbonyl (C=O) groups is 2. The van der Waals surface area contributed by atoms with Crippen LogP contribution in [0.25, 0.3) is 0 Å². The summed E-state index contributed by atoms with van der Waals surface area (Å²) in [4.78, 5) is 26.3. The summed E-state index contributed by atoms with van der Waals surface area (Å²) in [6.07, 6.45) is 51.1. The molecule has 0 spiro atoms. The first-order valence-corrected chi connectivity index (χ1v) is 26.4. The zero-order valence-corrected chi connectivity index (χ0v) is 42.6. The van der Waals surface area contributed by atoms with E-state index in [2.05, 4.69) is 44.3 Å². The minimum absolute atomic E-state index is 0.0644. The number of aliphatic hydroxyl groups is 5. The van der Waals surface area contributed by atoms with E-state index < -0.39 is 67.4 Å². The number of amides is 1. The number of carbonyl (C=O) groups excluding carboxylic acids is 2. The van der Waals surface area contributed by atoms with Crippen molar-refractivity contribution in [2.45, 2.75) is 217 Å². The molecule has 1 heterocycles. The molecule has 0 aromatic carbocycles. The van der Waals surface area contributed by atoms with Gasteiger partial charge < -0.3 is 45.1 Å². The van der Waals surface area contributed by atoms with Crippen molar-refractivity contribution >= 4 is 11.9 Å². The minimum atomic E-state index is -1.64. The van der Waals surface area contributed by atoms with Crippen molar-refractivity contribution in [1.82, 2.24) is 5.32 Å². The van der Waals surface area contributed by atoms with Gasteiger partial charge in [0.05, 0.1) is 25.4 Å². The summed E-state index contributed by atoms with van der Waals surface area (Å²) >= 11 is 0. The van der Waals surface area contributed by atoms with Crippen LogP contribution < -0.4 is 5.32 Å². The second kappa shape index (κ2) is 45.2. The zero-order valence-electron chi connectivity index (χ0n) is 42.6. The Morgan fingerprint density at radius 1 is 0.580 bits per heavy atom. The van der Waals surface area contributed by atoms with E-state index in [1.54, 1.807) is 6.08 Å². The fourth-order valence-electron chi connectivity index (χ4n) is 7.39. The summed E-state index contributed by atoms with van der Waals surface area (Å²) in [6, 6.07) is -1.06. The topological polar surface area (TPSA) is 175 Å². The van der Waals surface area contributed by atoms with Crippen LogP contribution in [-0.2, 0) is 23.8 Å². The van der Waals surface area contributed by atoms with Crippen LogP contribution in [-0.4, -0.2) is 99.6 Å². The van der Waals surface area contributed by atoms with E-state index in [0.29, 0.717) is 12.8 Å². The molecule has 390 valence electrons. The van der Waals surface area contributed by atoms with Gasteiger partial charge in [-0.25, -0.2) is 0 Å². The van der Waals surface area contributed by atoms with Gasteiger partial charge in [-0.3, -0.25) is 9.59 Å². The molecule has 11 heteroatoms. The summed E-state index contributed by atoms with van der Waals surface area (Å²) < 4.78 is 17.4. The molecular formula is C58H93NO10. The Morgan fingerprint density at radius 3 is 1.57 bits per heavy atom. The molecule has 8 atom stereocenters. The quantitative estimate of drug-likeness (QED) is 0.0150. The highest BCUT2D eigenvalue weighted by atomic mass is 16.7. The molecule has 0 bridgehead atoms. The molecule has 1 aliphatic rings. The Labute approximate surface area is 417 Å². The van der Waals surface area contributed by atoms with Crippen molar-refractivity contribution in [3.63, 3.8) is 0 Å². The number of unbranched alkanes of at least 4 members (excludes halogenated alkanes) is 16. The Hall–Kier alpha value is -3.94. The molecule has 1 amide bonds. The Bertz CT molecular complexity index is 1570. The lowest BCUT2D eigenvalue weighted by atomic mass is 9.99. The first-order valence-electron chi connectivity index (χ1n) is 26.4. The molecule has 1 aliphatic heterocycles. The monoisotopic (exact) mass is 964 g/mol. The molecule has 0 saturated carbocycles. The molecule has 0 aliphatic carbocycles. The molecular weight excluding hydrogens is 871 g/mol. The van der Waals surface area contributed by atoms with Crippen LogP contribution in [0.2, 0.25) is 0 Å². The van der Waals surface area contributed by atoms with Crippen molar-refractivity contribution < 1.29 is 49.3 Å².